The number of hydrogen-bond acceptors (Lipinski definition) is 5. The average Bonchev–Trinajstić information content (AvgIpc) is 3.20. The Kier molecular flexibility index (Phi) is 7.38. The molecule has 1 aliphatic carbocycles. The normalized spacial score (nSPS) is 13.2. The zero-order valence-electron chi connectivity index (χ0n) is 20.6. The van der Waals surface area contributed by atoms with Gasteiger partial charge in [-0.25, -0.2) is 9.59 Å². The van der Waals surface area contributed by atoms with Gasteiger partial charge in [-0.05, 0) is 48.6 Å². The van der Waals surface area contributed by atoms with Crippen LogP contribution < -0.4 is 10.6 Å². The fourth-order valence-corrected chi connectivity index (χ4v) is 4.25. The molecule has 4 rings (SSSR count). The highest BCUT2D eigenvalue weighted by atomic mass is 16.5. The van der Waals surface area contributed by atoms with Crippen molar-refractivity contribution in [3.8, 4) is 11.1 Å². The minimum atomic E-state index is -1.27. The number of nitrogens with one attached hydrogen (secondary N) is 2. The van der Waals surface area contributed by atoms with Crippen LogP contribution in [-0.4, -0.2) is 36.2 Å². The molecule has 0 saturated carbocycles. The Morgan fingerprint density at radius 3 is 2.00 bits per heavy atom. The zero-order valence-corrected chi connectivity index (χ0v) is 20.6. The summed E-state index contributed by atoms with van der Waals surface area (Å²) < 4.78 is 10.8. The second-order valence-corrected chi connectivity index (χ2v) is 9.37. The van der Waals surface area contributed by atoms with Gasteiger partial charge in [0.2, 0.25) is 5.91 Å². The van der Waals surface area contributed by atoms with E-state index in [2.05, 4.69) is 22.8 Å². The van der Waals surface area contributed by atoms with E-state index in [4.69, 9.17) is 9.47 Å². The smallest absolute Gasteiger partial charge is 0.407 e. The molecule has 36 heavy (non-hydrogen) atoms. The summed E-state index contributed by atoms with van der Waals surface area (Å²) in [7, 11) is 0. The minimum Gasteiger partial charge on any atom is -0.459 e. The number of benzene rings is 3. The Morgan fingerprint density at radius 2 is 1.39 bits per heavy atom. The summed E-state index contributed by atoms with van der Waals surface area (Å²) in [5.74, 6) is -1.18. The third kappa shape index (κ3) is 5.57. The monoisotopic (exact) mass is 486 g/mol. The number of rotatable bonds is 8. The van der Waals surface area contributed by atoms with Crippen molar-refractivity contribution in [3.05, 3.63) is 95.6 Å². The van der Waals surface area contributed by atoms with Gasteiger partial charge in [0, 0.05) is 5.92 Å². The number of ether oxygens (including phenoxy) is 2. The average molecular weight is 487 g/mol. The molecule has 0 heterocycles. The highest BCUT2D eigenvalue weighted by molar-refractivity contribution is 5.91. The van der Waals surface area contributed by atoms with Gasteiger partial charge in [-0.15, -0.1) is 0 Å². The van der Waals surface area contributed by atoms with Crippen LogP contribution in [0.4, 0.5) is 4.79 Å². The first kappa shape index (κ1) is 25.0. The molecule has 3 aromatic carbocycles. The summed E-state index contributed by atoms with van der Waals surface area (Å²) in [5.41, 5.74) is 4.05. The van der Waals surface area contributed by atoms with Crippen LogP contribution in [0.15, 0.2) is 78.9 Å². The molecule has 2 N–H and O–H groups in total. The predicted octanol–water partition coefficient (Wildman–Crippen LogP) is 4.55. The number of esters is 1. The van der Waals surface area contributed by atoms with Crippen molar-refractivity contribution in [2.75, 3.05) is 6.61 Å². The maximum absolute atomic E-state index is 12.7. The van der Waals surface area contributed by atoms with E-state index in [-0.39, 0.29) is 19.1 Å². The maximum Gasteiger partial charge on any atom is 0.407 e. The molecular weight excluding hydrogens is 456 g/mol. The van der Waals surface area contributed by atoms with E-state index < -0.39 is 29.6 Å². The topological polar surface area (TPSA) is 93.7 Å². The van der Waals surface area contributed by atoms with E-state index in [1.165, 1.54) is 6.92 Å². The molecule has 0 unspecified atom stereocenters. The van der Waals surface area contributed by atoms with Crippen molar-refractivity contribution in [2.45, 2.75) is 44.9 Å². The van der Waals surface area contributed by atoms with Gasteiger partial charge >= 0.3 is 12.1 Å². The van der Waals surface area contributed by atoms with Gasteiger partial charge in [0.15, 0.2) is 0 Å². The van der Waals surface area contributed by atoms with Crippen LogP contribution in [0.3, 0.4) is 0 Å². The van der Waals surface area contributed by atoms with Crippen molar-refractivity contribution in [1.82, 2.24) is 10.6 Å². The zero-order chi connectivity index (χ0) is 25.7. The fraction of sp³-hybridized carbons (Fsp3) is 0.276. The van der Waals surface area contributed by atoms with Crippen molar-refractivity contribution in [1.29, 1.82) is 0 Å². The summed E-state index contributed by atoms with van der Waals surface area (Å²) in [6.07, 6.45) is -0.705. The number of hydrogen-bond donors (Lipinski definition) is 2. The lowest BCUT2D eigenvalue weighted by Gasteiger charge is -2.26. The highest BCUT2D eigenvalue weighted by Crippen LogP contribution is 2.44. The van der Waals surface area contributed by atoms with Gasteiger partial charge in [0.25, 0.3) is 0 Å². The van der Waals surface area contributed by atoms with Crippen LogP contribution in [0.5, 0.6) is 0 Å². The Balaban J connectivity index is 1.28. The molecule has 3 aromatic rings. The molecule has 1 atom stereocenters. The van der Waals surface area contributed by atoms with E-state index >= 15 is 0 Å². The van der Waals surface area contributed by atoms with Crippen LogP contribution >= 0.6 is 0 Å². The number of carbonyl (C=O) groups is 3. The van der Waals surface area contributed by atoms with Crippen molar-refractivity contribution in [3.63, 3.8) is 0 Å². The molecule has 0 aromatic heterocycles. The van der Waals surface area contributed by atoms with E-state index in [0.717, 1.165) is 27.8 Å². The van der Waals surface area contributed by atoms with Crippen LogP contribution in [0.2, 0.25) is 0 Å². The summed E-state index contributed by atoms with van der Waals surface area (Å²) >= 11 is 0. The lowest BCUT2D eigenvalue weighted by atomic mass is 9.98. The molecule has 0 fully saturated rings. The SMILES string of the molecule is C[C@H](NC(=O)OCC1c2ccccc2-c2ccccc21)C(=O)NC(C)(C)C(=O)OCc1ccccc1. The maximum atomic E-state index is 12.7. The van der Waals surface area contributed by atoms with E-state index in [9.17, 15) is 14.4 Å². The fourth-order valence-electron chi connectivity index (χ4n) is 4.25. The lowest BCUT2D eigenvalue weighted by molar-refractivity contribution is -0.153. The first-order chi connectivity index (χ1) is 17.3. The van der Waals surface area contributed by atoms with Gasteiger partial charge in [0.05, 0.1) is 0 Å². The van der Waals surface area contributed by atoms with Crippen LogP contribution in [-0.2, 0) is 25.7 Å². The van der Waals surface area contributed by atoms with Gasteiger partial charge in [-0.3, -0.25) is 4.79 Å². The van der Waals surface area contributed by atoms with Crippen molar-refractivity contribution < 1.29 is 23.9 Å². The lowest BCUT2D eigenvalue weighted by Crippen LogP contribution is -2.56. The summed E-state index contributed by atoms with van der Waals surface area (Å²) in [5, 5.41) is 5.18. The van der Waals surface area contributed by atoms with E-state index in [1.807, 2.05) is 66.7 Å². The Bertz CT molecular complexity index is 1210. The molecule has 2 amide bonds. The third-order valence-corrected chi connectivity index (χ3v) is 6.23. The molecule has 7 heteroatoms. The molecule has 0 spiro atoms. The number of amides is 2. The summed E-state index contributed by atoms with van der Waals surface area (Å²) in [6, 6.07) is 24.5. The second-order valence-electron chi connectivity index (χ2n) is 9.37. The standard InChI is InChI=1S/C29H30N2O5/c1-19(26(32)31-29(2,3)27(33)35-17-20-11-5-4-6-12-20)30-28(34)36-18-25-23-15-9-7-13-21(23)22-14-8-10-16-24(22)25/h4-16,19,25H,17-18H2,1-3H3,(H,30,34)(H,31,32)/t19-/m0/s1. The Hall–Kier alpha value is -4.13. The number of carbonyl (C=O) groups excluding carboxylic acids is 3. The molecule has 0 saturated heterocycles. The summed E-state index contributed by atoms with van der Waals surface area (Å²) in [4.78, 5) is 37.7. The van der Waals surface area contributed by atoms with Gasteiger partial charge in [0.1, 0.15) is 24.8 Å². The van der Waals surface area contributed by atoms with E-state index in [0.29, 0.717) is 0 Å². The predicted molar refractivity (Wildman–Crippen MR) is 136 cm³/mol. The molecule has 0 aliphatic heterocycles. The van der Waals surface area contributed by atoms with Crippen LogP contribution in [0.1, 0.15) is 43.4 Å². The van der Waals surface area contributed by atoms with Crippen molar-refractivity contribution in [2.24, 2.45) is 0 Å². The first-order valence-corrected chi connectivity index (χ1v) is 11.9. The quantitative estimate of drug-likeness (QED) is 0.456. The van der Waals surface area contributed by atoms with Gasteiger partial charge < -0.3 is 20.1 Å². The molecule has 7 nitrogen and oxygen atoms in total. The van der Waals surface area contributed by atoms with Gasteiger partial charge in [-0.1, -0.05) is 78.9 Å². The van der Waals surface area contributed by atoms with Crippen LogP contribution in [0.25, 0.3) is 11.1 Å². The number of alkyl carbamates (subject to hydrolysis) is 1. The van der Waals surface area contributed by atoms with Crippen molar-refractivity contribution >= 4 is 18.0 Å². The molecule has 0 bridgehead atoms. The highest BCUT2D eigenvalue weighted by Gasteiger charge is 2.33. The first-order valence-electron chi connectivity index (χ1n) is 11.9. The Morgan fingerprint density at radius 1 is 0.833 bits per heavy atom. The third-order valence-electron chi connectivity index (χ3n) is 6.23. The molecule has 1 aliphatic rings. The number of fused-ring (bicyclic) bond motifs is 3. The molecule has 0 radical (unpaired) electrons. The summed E-state index contributed by atoms with van der Waals surface area (Å²) in [6.45, 7) is 4.89. The minimum absolute atomic E-state index is 0.0781. The molecule has 186 valence electrons. The van der Waals surface area contributed by atoms with Gasteiger partial charge in [-0.2, -0.15) is 0 Å². The Labute approximate surface area is 210 Å². The van der Waals surface area contributed by atoms with Crippen LogP contribution in [0, 0.1) is 0 Å². The van der Waals surface area contributed by atoms with E-state index in [1.54, 1.807) is 13.8 Å². The largest absolute Gasteiger partial charge is 0.459 e. The second kappa shape index (κ2) is 10.6. The molecular formula is C29H30N2O5.